The molecule has 1 atom stereocenters. The highest BCUT2D eigenvalue weighted by atomic mass is 35.5. The molecule has 0 aliphatic carbocycles. The van der Waals surface area contributed by atoms with E-state index in [0.717, 1.165) is 22.8 Å². The second-order valence-electron chi connectivity index (χ2n) is 7.54. The maximum Gasteiger partial charge on any atom is 0.241 e. The molecule has 1 aromatic heterocycles. The molecule has 1 aliphatic rings. The summed E-state index contributed by atoms with van der Waals surface area (Å²) in [4.78, 5) is 23.4. The molecule has 0 N–H and O–H groups in total. The molecule has 0 unspecified atom stereocenters. The highest BCUT2D eigenvalue weighted by Crippen LogP contribution is 2.44. The van der Waals surface area contributed by atoms with E-state index in [1.165, 1.54) is 17.0 Å². The summed E-state index contributed by atoms with van der Waals surface area (Å²) < 4.78 is 27.6. The number of benzene rings is 3. The zero-order chi connectivity index (χ0) is 22.2. The SMILES string of the molecule is O=C1[C@H](Cc2cc(F)cc(F)c2)c2cc(-c3cccc(Cl)c3)ccc2N1c1ncccn1. The number of hydrogen-bond donors (Lipinski definition) is 0. The Kier molecular flexibility index (Phi) is 5.15. The number of hydrogen-bond acceptors (Lipinski definition) is 3. The van der Waals surface area contributed by atoms with E-state index < -0.39 is 17.6 Å². The average molecular weight is 448 g/mol. The largest absolute Gasteiger partial charge is 0.273 e. The molecule has 5 rings (SSSR count). The van der Waals surface area contributed by atoms with Crippen molar-refractivity contribution in [1.29, 1.82) is 0 Å². The molecular formula is C25H16ClF2N3O. The molecule has 32 heavy (non-hydrogen) atoms. The third-order valence-corrected chi connectivity index (χ3v) is 5.67. The molecule has 158 valence electrons. The quantitative estimate of drug-likeness (QED) is 0.381. The Morgan fingerprint density at radius 2 is 1.59 bits per heavy atom. The van der Waals surface area contributed by atoms with Crippen LogP contribution in [0, 0.1) is 11.6 Å². The van der Waals surface area contributed by atoms with E-state index in [1.807, 2.05) is 36.4 Å². The minimum atomic E-state index is -0.679. The second-order valence-corrected chi connectivity index (χ2v) is 7.98. The smallest absolute Gasteiger partial charge is 0.241 e. The van der Waals surface area contributed by atoms with Crippen LogP contribution in [0.15, 0.2) is 79.1 Å². The fraction of sp³-hybridized carbons (Fsp3) is 0.0800. The van der Waals surface area contributed by atoms with Crippen LogP contribution in [-0.4, -0.2) is 15.9 Å². The van der Waals surface area contributed by atoms with Gasteiger partial charge in [-0.25, -0.2) is 23.6 Å². The maximum absolute atomic E-state index is 13.8. The Hall–Kier alpha value is -3.64. The van der Waals surface area contributed by atoms with Crippen LogP contribution in [0.1, 0.15) is 17.0 Å². The van der Waals surface area contributed by atoms with E-state index in [0.29, 0.717) is 16.3 Å². The van der Waals surface area contributed by atoms with E-state index in [4.69, 9.17) is 11.6 Å². The summed E-state index contributed by atoms with van der Waals surface area (Å²) in [6, 6.07) is 18.1. The van der Waals surface area contributed by atoms with Crippen molar-refractivity contribution >= 4 is 29.1 Å². The van der Waals surface area contributed by atoms with E-state index >= 15 is 0 Å². The first-order chi connectivity index (χ1) is 15.5. The fourth-order valence-corrected chi connectivity index (χ4v) is 4.26. The minimum absolute atomic E-state index is 0.142. The van der Waals surface area contributed by atoms with Crippen molar-refractivity contribution in [2.45, 2.75) is 12.3 Å². The first-order valence-electron chi connectivity index (χ1n) is 9.95. The van der Waals surface area contributed by atoms with Gasteiger partial charge >= 0.3 is 0 Å². The standard InChI is InChI=1S/C25H16ClF2N3O/c26-18-4-1-3-16(12-18)17-5-6-23-21(13-17)22(11-15-9-19(27)14-20(28)10-15)24(32)31(23)25-29-7-2-8-30-25/h1-10,12-14,22H,11H2/t22-/m1/s1. The number of aromatic nitrogens is 2. The van der Waals surface area contributed by atoms with Crippen LogP contribution in [0.25, 0.3) is 11.1 Å². The van der Waals surface area contributed by atoms with E-state index in [1.54, 1.807) is 24.5 Å². The number of anilines is 2. The molecule has 0 saturated carbocycles. The Morgan fingerprint density at radius 3 is 2.31 bits per heavy atom. The zero-order valence-electron chi connectivity index (χ0n) is 16.7. The van der Waals surface area contributed by atoms with Gasteiger partial charge in [0.1, 0.15) is 11.6 Å². The molecule has 0 fully saturated rings. The number of rotatable bonds is 4. The van der Waals surface area contributed by atoms with E-state index in [9.17, 15) is 13.6 Å². The van der Waals surface area contributed by atoms with E-state index in [-0.39, 0.29) is 18.3 Å². The van der Waals surface area contributed by atoms with Crippen molar-refractivity contribution in [3.63, 3.8) is 0 Å². The lowest BCUT2D eigenvalue weighted by Gasteiger charge is -2.15. The Bertz CT molecular complexity index is 1310. The van der Waals surface area contributed by atoms with Gasteiger partial charge in [-0.1, -0.05) is 29.8 Å². The molecule has 1 amide bonds. The first kappa shape index (κ1) is 20.3. The molecule has 0 bridgehead atoms. The summed E-state index contributed by atoms with van der Waals surface area (Å²) in [5, 5.41) is 0.602. The molecule has 4 aromatic rings. The summed E-state index contributed by atoms with van der Waals surface area (Å²) in [5.41, 5.74) is 3.57. The Balaban J connectivity index is 1.62. The van der Waals surface area contributed by atoms with Crippen LogP contribution in [0.3, 0.4) is 0 Å². The van der Waals surface area contributed by atoms with Crippen molar-refractivity contribution in [3.05, 3.63) is 107 Å². The number of fused-ring (bicyclic) bond motifs is 1. The van der Waals surface area contributed by atoms with Crippen molar-refractivity contribution in [2.75, 3.05) is 4.90 Å². The van der Waals surface area contributed by atoms with Crippen LogP contribution in [0.5, 0.6) is 0 Å². The number of carbonyl (C=O) groups is 1. The molecular weight excluding hydrogens is 432 g/mol. The molecule has 7 heteroatoms. The lowest BCUT2D eigenvalue weighted by molar-refractivity contribution is -0.118. The second kappa shape index (κ2) is 8.13. The van der Waals surface area contributed by atoms with Crippen molar-refractivity contribution in [2.24, 2.45) is 0 Å². The van der Waals surface area contributed by atoms with Gasteiger partial charge in [0.05, 0.1) is 11.6 Å². The third kappa shape index (κ3) is 3.74. The number of halogens is 3. The van der Waals surface area contributed by atoms with Gasteiger partial charge in [-0.05, 0) is 71.1 Å². The summed E-state index contributed by atoms with van der Waals surface area (Å²) in [7, 11) is 0. The van der Waals surface area contributed by atoms with Gasteiger partial charge < -0.3 is 0 Å². The summed E-state index contributed by atoms with van der Waals surface area (Å²) >= 11 is 6.15. The van der Waals surface area contributed by atoms with Gasteiger partial charge in [0.15, 0.2) is 0 Å². The van der Waals surface area contributed by atoms with Crippen LogP contribution >= 0.6 is 11.6 Å². The monoisotopic (exact) mass is 447 g/mol. The zero-order valence-corrected chi connectivity index (χ0v) is 17.4. The molecule has 2 heterocycles. The van der Waals surface area contributed by atoms with Gasteiger partial charge in [0.2, 0.25) is 11.9 Å². The molecule has 0 radical (unpaired) electrons. The van der Waals surface area contributed by atoms with Gasteiger partial charge in [0.25, 0.3) is 0 Å². The van der Waals surface area contributed by atoms with Gasteiger partial charge in [-0.15, -0.1) is 0 Å². The maximum atomic E-state index is 13.8. The number of nitrogens with zero attached hydrogens (tertiary/aromatic N) is 3. The average Bonchev–Trinajstić information content (AvgIpc) is 3.04. The number of amides is 1. The Morgan fingerprint density at radius 1 is 0.875 bits per heavy atom. The van der Waals surface area contributed by atoms with Gasteiger partial charge in [0, 0.05) is 23.5 Å². The lowest BCUT2D eigenvalue weighted by atomic mass is 9.91. The van der Waals surface area contributed by atoms with Crippen molar-refractivity contribution < 1.29 is 13.6 Å². The summed E-state index contributed by atoms with van der Waals surface area (Å²) in [5.74, 6) is -2.00. The highest BCUT2D eigenvalue weighted by Gasteiger charge is 2.39. The number of carbonyl (C=O) groups excluding carboxylic acids is 1. The molecule has 0 spiro atoms. The fourth-order valence-electron chi connectivity index (χ4n) is 4.07. The predicted molar refractivity (Wildman–Crippen MR) is 119 cm³/mol. The van der Waals surface area contributed by atoms with Crippen LogP contribution in [-0.2, 0) is 11.2 Å². The van der Waals surface area contributed by atoms with Gasteiger partial charge in [-0.2, -0.15) is 0 Å². The summed E-state index contributed by atoms with van der Waals surface area (Å²) in [6.45, 7) is 0. The molecule has 4 nitrogen and oxygen atoms in total. The first-order valence-corrected chi connectivity index (χ1v) is 10.3. The molecule has 0 saturated heterocycles. The minimum Gasteiger partial charge on any atom is -0.273 e. The Labute approximate surface area is 188 Å². The van der Waals surface area contributed by atoms with Crippen LogP contribution in [0.2, 0.25) is 5.02 Å². The third-order valence-electron chi connectivity index (χ3n) is 5.43. The van der Waals surface area contributed by atoms with Crippen molar-refractivity contribution in [1.82, 2.24) is 9.97 Å². The van der Waals surface area contributed by atoms with E-state index in [2.05, 4.69) is 9.97 Å². The summed E-state index contributed by atoms with van der Waals surface area (Å²) in [6.07, 6.45) is 3.26. The van der Waals surface area contributed by atoms with Crippen LogP contribution in [0.4, 0.5) is 20.4 Å². The topological polar surface area (TPSA) is 46.1 Å². The van der Waals surface area contributed by atoms with Crippen LogP contribution < -0.4 is 4.90 Å². The highest BCUT2D eigenvalue weighted by molar-refractivity contribution is 6.30. The van der Waals surface area contributed by atoms with Gasteiger partial charge in [-0.3, -0.25) is 4.79 Å². The molecule has 3 aromatic carbocycles. The van der Waals surface area contributed by atoms with Crippen molar-refractivity contribution in [3.8, 4) is 11.1 Å². The normalized spacial score (nSPS) is 15.2. The molecule has 1 aliphatic heterocycles. The predicted octanol–water partition coefficient (Wildman–Crippen LogP) is 6.08. The lowest BCUT2D eigenvalue weighted by Crippen LogP contribution is -2.26.